The molecule has 0 atom stereocenters. The second-order valence-corrected chi connectivity index (χ2v) is 10.1. The number of hydrogen-bond donors (Lipinski definition) is 3. The van der Waals surface area contributed by atoms with Crippen LogP contribution in [0.25, 0.3) is 27.8 Å². The van der Waals surface area contributed by atoms with Crippen LogP contribution in [0.4, 0.5) is 10.3 Å². The van der Waals surface area contributed by atoms with Gasteiger partial charge in [-0.25, -0.2) is 9.37 Å². The van der Waals surface area contributed by atoms with E-state index in [1.807, 2.05) is 12.3 Å². The molecule has 6 rings (SSSR count). The summed E-state index contributed by atoms with van der Waals surface area (Å²) in [6.45, 7) is -0.664. The van der Waals surface area contributed by atoms with Gasteiger partial charge in [0.15, 0.2) is 5.82 Å². The Kier molecular flexibility index (Phi) is 6.68. The Morgan fingerprint density at radius 2 is 2.02 bits per heavy atom. The Morgan fingerprint density at radius 3 is 2.74 bits per heavy atom. The first-order valence-electron chi connectivity index (χ1n) is 13.1. The summed E-state index contributed by atoms with van der Waals surface area (Å²) in [4.78, 5) is 37.9. The maximum atomic E-state index is 15.1. The number of carbonyl (C=O) groups excluding carboxylic acids is 1. The molecule has 0 spiro atoms. The average Bonchev–Trinajstić information content (AvgIpc) is 3.74. The van der Waals surface area contributed by atoms with E-state index in [2.05, 4.69) is 15.0 Å². The minimum Gasteiger partial charge on any atom is -0.392 e. The minimum absolute atomic E-state index is 0.0271. The lowest BCUT2D eigenvalue weighted by molar-refractivity contribution is -0.754. The summed E-state index contributed by atoms with van der Waals surface area (Å²) in [5, 5.41) is 20.3. The lowest BCUT2D eigenvalue weighted by Crippen LogP contribution is -2.46. The third-order valence-electron chi connectivity index (χ3n) is 7.20. The van der Waals surface area contributed by atoms with Crippen molar-refractivity contribution in [3.8, 4) is 23.3 Å². The van der Waals surface area contributed by atoms with Gasteiger partial charge in [0.1, 0.15) is 11.6 Å². The summed E-state index contributed by atoms with van der Waals surface area (Å²) >= 11 is 0. The van der Waals surface area contributed by atoms with Crippen LogP contribution in [-0.4, -0.2) is 35.2 Å². The van der Waals surface area contributed by atoms with Crippen LogP contribution < -0.4 is 21.7 Å². The maximum Gasteiger partial charge on any atom is 0.285 e. The Bertz CT molecular complexity index is 1990. The van der Waals surface area contributed by atoms with Gasteiger partial charge in [-0.05, 0) is 47.9 Å². The zero-order valence-electron chi connectivity index (χ0n) is 22.2. The molecule has 0 saturated heterocycles. The van der Waals surface area contributed by atoms with Gasteiger partial charge in [-0.15, -0.1) is 0 Å². The quantitative estimate of drug-likeness (QED) is 0.236. The molecule has 1 fully saturated rings. The Labute approximate surface area is 237 Å². The van der Waals surface area contributed by atoms with Gasteiger partial charge in [-0.1, -0.05) is 27.6 Å². The summed E-state index contributed by atoms with van der Waals surface area (Å²) < 4.78 is 19.0. The summed E-state index contributed by atoms with van der Waals surface area (Å²) in [5.41, 5.74) is 13.3. The fourth-order valence-electron chi connectivity index (χ4n) is 5.17. The van der Waals surface area contributed by atoms with E-state index >= 15 is 4.39 Å². The van der Waals surface area contributed by atoms with Crippen molar-refractivity contribution in [2.75, 3.05) is 5.73 Å². The molecule has 1 aliphatic carbocycles. The monoisotopic (exact) mass is 566 g/mol. The predicted octanol–water partition coefficient (Wildman–Crippen LogP) is 1.43. The molecule has 0 radical (unpaired) electrons. The third-order valence-corrected chi connectivity index (χ3v) is 7.20. The van der Waals surface area contributed by atoms with Gasteiger partial charge in [-0.2, -0.15) is 15.2 Å². The highest BCUT2D eigenvalue weighted by Crippen LogP contribution is 2.41. The molecule has 2 aromatic carbocycles. The number of aliphatic hydroxyl groups excluding tert-OH is 1. The molecule has 1 saturated carbocycles. The number of nitrogens with zero attached hydrogens (tertiary/aromatic N) is 7. The van der Waals surface area contributed by atoms with Crippen molar-refractivity contribution in [3.63, 3.8) is 0 Å². The fourth-order valence-corrected chi connectivity index (χ4v) is 5.17. The molecule has 3 heterocycles. The number of aromatic nitrogens is 6. The molecular formula is C29H25FN9O3+. The van der Waals surface area contributed by atoms with E-state index in [0.29, 0.717) is 33.7 Å². The van der Waals surface area contributed by atoms with Crippen molar-refractivity contribution in [1.29, 1.82) is 5.26 Å². The van der Waals surface area contributed by atoms with E-state index in [4.69, 9.17) is 11.5 Å². The zero-order chi connectivity index (χ0) is 29.5. The SMILES string of the molecule is N#Cn1cc(Cc2nc(N)nc(-c3cccc(-n4ccc5cc(C6CC6)cc(F)c5c4=O)c3CO)n2)c[n+]1CC(N)=O. The molecule has 0 unspecified atom stereocenters. The Morgan fingerprint density at radius 1 is 1.21 bits per heavy atom. The number of nitriles is 1. The third kappa shape index (κ3) is 4.95. The van der Waals surface area contributed by atoms with Gasteiger partial charge >= 0.3 is 0 Å². The minimum atomic E-state index is -0.611. The highest BCUT2D eigenvalue weighted by Gasteiger charge is 2.25. The number of primary amides is 1. The number of carbonyl (C=O) groups is 1. The molecule has 12 nitrogen and oxygen atoms in total. The lowest BCUT2D eigenvalue weighted by Gasteiger charge is -2.15. The smallest absolute Gasteiger partial charge is 0.285 e. The molecule has 210 valence electrons. The summed E-state index contributed by atoms with van der Waals surface area (Å²) in [6, 6.07) is 9.98. The number of rotatable bonds is 8. The first-order chi connectivity index (χ1) is 20.2. The lowest BCUT2D eigenvalue weighted by atomic mass is 10.0. The van der Waals surface area contributed by atoms with Gasteiger partial charge < -0.3 is 16.6 Å². The zero-order valence-corrected chi connectivity index (χ0v) is 22.2. The summed E-state index contributed by atoms with van der Waals surface area (Å²) in [5.74, 6) is -0.505. The van der Waals surface area contributed by atoms with Crippen LogP contribution in [0, 0.1) is 17.3 Å². The molecule has 0 bridgehead atoms. The normalized spacial score (nSPS) is 12.9. The van der Waals surface area contributed by atoms with Gasteiger partial charge in [0.05, 0.1) is 23.9 Å². The van der Waals surface area contributed by atoms with E-state index in [1.54, 1.807) is 36.7 Å². The number of anilines is 1. The maximum absolute atomic E-state index is 15.1. The predicted molar refractivity (Wildman–Crippen MR) is 148 cm³/mol. The van der Waals surface area contributed by atoms with Crippen molar-refractivity contribution >= 4 is 22.6 Å². The molecule has 5 aromatic rings. The van der Waals surface area contributed by atoms with Crippen LogP contribution in [0.15, 0.2) is 59.8 Å². The van der Waals surface area contributed by atoms with Crippen molar-refractivity contribution in [1.82, 2.24) is 24.2 Å². The van der Waals surface area contributed by atoms with Gasteiger partial charge in [0.2, 0.25) is 18.3 Å². The van der Waals surface area contributed by atoms with Crippen molar-refractivity contribution in [2.24, 2.45) is 5.73 Å². The number of fused-ring (bicyclic) bond motifs is 1. The Balaban J connectivity index is 1.40. The van der Waals surface area contributed by atoms with E-state index in [1.165, 1.54) is 21.5 Å². The van der Waals surface area contributed by atoms with Crippen molar-refractivity contribution in [3.05, 3.63) is 93.7 Å². The number of pyridine rings is 1. The van der Waals surface area contributed by atoms with Gasteiger partial charge in [0, 0.05) is 29.3 Å². The largest absolute Gasteiger partial charge is 0.392 e. The summed E-state index contributed by atoms with van der Waals surface area (Å²) in [6.07, 6.45) is 8.76. The highest BCUT2D eigenvalue weighted by atomic mass is 19.1. The average molecular weight is 567 g/mol. The number of halogens is 1. The number of benzene rings is 2. The van der Waals surface area contributed by atoms with E-state index < -0.39 is 23.9 Å². The summed E-state index contributed by atoms with van der Waals surface area (Å²) in [7, 11) is 0. The van der Waals surface area contributed by atoms with Crippen LogP contribution in [0.2, 0.25) is 0 Å². The van der Waals surface area contributed by atoms with E-state index in [-0.39, 0.29) is 35.9 Å². The van der Waals surface area contributed by atoms with Gasteiger partial charge in [0.25, 0.3) is 18.0 Å². The van der Waals surface area contributed by atoms with Crippen LogP contribution >= 0.6 is 0 Å². The topological polar surface area (TPSA) is 183 Å². The molecule has 42 heavy (non-hydrogen) atoms. The van der Waals surface area contributed by atoms with Crippen LogP contribution in [0.3, 0.4) is 0 Å². The molecule has 1 aliphatic rings. The number of amides is 1. The molecule has 13 heteroatoms. The van der Waals surface area contributed by atoms with E-state index in [9.17, 15) is 20.0 Å². The van der Waals surface area contributed by atoms with Crippen LogP contribution in [0.5, 0.6) is 0 Å². The standard InChI is InChI=1S/C29H24FN9O3/c30-22-10-19(17-4-5-17)9-18-6-7-39(28(42)26(18)22)23-3-1-2-20(21(23)14-40)27-34-25(35-29(33)36-27)8-16-11-37(13-24(32)41)38(12-16)15-31/h1-3,6-7,9-12,17,40H,4-5,8,13-14H2,(H3-,32,33,34,35,36,41)/p+1. The van der Waals surface area contributed by atoms with Crippen molar-refractivity contribution < 1.29 is 19.0 Å². The second kappa shape index (κ2) is 10.5. The first kappa shape index (κ1) is 26.7. The Hall–Kier alpha value is -5.48. The molecule has 0 aliphatic heterocycles. The van der Waals surface area contributed by atoms with Gasteiger partial charge in [-0.3, -0.25) is 14.2 Å². The molecular weight excluding hydrogens is 541 g/mol. The van der Waals surface area contributed by atoms with Crippen LogP contribution in [0.1, 0.15) is 41.3 Å². The van der Waals surface area contributed by atoms with E-state index in [0.717, 1.165) is 23.1 Å². The molecule has 1 amide bonds. The van der Waals surface area contributed by atoms with Crippen molar-refractivity contribution in [2.45, 2.75) is 38.3 Å². The highest BCUT2D eigenvalue weighted by molar-refractivity contribution is 5.83. The number of aliphatic hydroxyl groups is 1. The second-order valence-electron chi connectivity index (χ2n) is 10.1. The molecule has 3 aromatic heterocycles. The fraction of sp³-hybridized carbons (Fsp3) is 0.207. The van der Waals surface area contributed by atoms with Crippen LogP contribution in [-0.2, 0) is 24.4 Å². The number of hydrogen-bond acceptors (Lipinski definition) is 8. The number of nitrogens with two attached hydrogens (primary N) is 2. The molecule has 5 N–H and O–H groups in total. The first-order valence-corrected chi connectivity index (χ1v) is 13.1. The number of nitrogen functional groups attached to an aromatic ring is 1.